The van der Waals surface area contributed by atoms with Crippen LogP contribution < -0.4 is 0 Å². The van der Waals surface area contributed by atoms with Gasteiger partial charge in [-0.2, -0.15) is 0 Å². The van der Waals surface area contributed by atoms with Crippen LogP contribution in [0.5, 0.6) is 0 Å². The van der Waals surface area contributed by atoms with E-state index >= 15 is 0 Å². The van der Waals surface area contributed by atoms with Crippen LogP contribution in [0.4, 0.5) is 0 Å². The molecule has 0 aliphatic heterocycles. The molecule has 0 aromatic heterocycles. The van der Waals surface area contributed by atoms with E-state index in [4.69, 9.17) is 4.74 Å². The Bertz CT molecular complexity index is 386. The van der Waals surface area contributed by atoms with Crippen LogP contribution in [-0.2, 0) is 15.1 Å². The molecule has 98 valence electrons. The van der Waals surface area contributed by atoms with Crippen LogP contribution in [0, 0.1) is 0 Å². The zero-order chi connectivity index (χ0) is 13.4. The van der Waals surface area contributed by atoms with Crippen LogP contribution in [0.15, 0.2) is 43.0 Å². The van der Waals surface area contributed by atoms with Crippen molar-refractivity contribution in [1.29, 1.82) is 0 Å². The van der Waals surface area contributed by atoms with E-state index in [9.17, 15) is 9.90 Å². The minimum absolute atomic E-state index is 0.366. The summed E-state index contributed by atoms with van der Waals surface area (Å²) in [5, 5.41) is 9.56. The monoisotopic (exact) mass is 248 g/mol. The van der Waals surface area contributed by atoms with E-state index in [1.165, 1.54) is 0 Å². The van der Waals surface area contributed by atoms with Gasteiger partial charge in [0.25, 0.3) is 0 Å². The average Bonchev–Trinajstić information content (AvgIpc) is 2.38. The maximum Gasteiger partial charge on any atom is 0.340 e. The summed E-state index contributed by atoms with van der Waals surface area (Å²) in [5.74, 6) is -0.931. The minimum Gasteiger partial charge on any atom is -0.479 e. The first-order chi connectivity index (χ1) is 8.67. The average molecular weight is 248 g/mol. The molecule has 0 radical (unpaired) electrons. The van der Waals surface area contributed by atoms with E-state index in [0.29, 0.717) is 25.0 Å². The number of carboxylic acids is 1. The molecule has 18 heavy (non-hydrogen) atoms. The molecule has 0 aliphatic rings. The van der Waals surface area contributed by atoms with Gasteiger partial charge in [-0.1, -0.05) is 49.8 Å². The highest BCUT2D eigenvalue weighted by atomic mass is 16.5. The van der Waals surface area contributed by atoms with Crippen molar-refractivity contribution in [1.82, 2.24) is 0 Å². The number of hydrogen-bond donors (Lipinski definition) is 1. The van der Waals surface area contributed by atoms with Crippen molar-refractivity contribution < 1.29 is 14.6 Å². The number of aliphatic carboxylic acids is 1. The van der Waals surface area contributed by atoms with Crippen molar-refractivity contribution in [2.75, 3.05) is 6.61 Å². The molecule has 3 nitrogen and oxygen atoms in total. The second-order valence-electron chi connectivity index (χ2n) is 4.17. The van der Waals surface area contributed by atoms with E-state index < -0.39 is 11.6 Å². The van der Waals surface area contributed by atoms with Gasteiger partial charge in [0.05, 0.1) is 6.61 Å². The number of hydrogen-bond acceptors (Lipinski definition) is 2. The van der Waals surface area contributed by atoms with Gasteiger partial charge in [0, 0.05) is 0 Å². The Hall–Kier alpha value is -1.61. The normalized spacial score (nSPS) is 13.8. The quantitative estimate of drug-likeness (QED) is 0.567. The first kappa shape index (κ1) is 14.5. The summed E-state index contributed by atoms with van der Waals surface area (Å²) in [5.41, 5.74) is -0.539. The molecular weight excluding hydrogens is 228 g/mol. The van der Waals surface area contributed by atoms with E-state index in [2.05, 4.69) is 6.58 Å². The second-order valence-corrected chi connectivity index (χ2v) is 4.17. The largest absolute Gasteiger partial charge is 0.479 e. The third kappa shape index (κ3) is 3.20. The van der Waals surface area contributed by atoms with Gasteiger partial charge < -0.3 is 9.84 Å². The summed E-state index contributed by atoms with van der Waals surface area (Å²) >= 11 is 0. The molecule has 0 aliphatic carbocycles. The smallest absolute Gasteiger partial charge is 0.340 e. The van der Waals surface area contributed by atoms with Crippen molar-refractivity contribution in [3.63, 3.8) is 0 Å². The summed E-state index contributed by atoms with van der Waals surface area (Å²) in [4.78, 5) is 11.7. The molecule has 0 saturated carbocycles. The lowest BCUT2D eigenvalue weighted by Gasteiger charge is -2.29. The summed E-state index contributed by atoms with van der Waals surface area (Å²) < 4.78 is 5.69. The molecule has 1 aromatic rings. The highest BCUT2D eigenvalue weighted by Crippen LogP contribution is 2.31. The van der Waals surface area contributed by atoms with Crippen molar-refractivity contribution in [3.8, 4) is 0 Å². The van der Waals surface area contributed by atoms with Gasteiger partial charge >= 0.3 is 5.97 Å². The third-order valence-electron chi connectivity index (χ3n) is 2.86. The van der Waals surface area contributed by atoms with Crippen LogP contribution in [0.1, 0.15) is 31.7 Å². The maximum atomic E-state index is 11.7. The fourth-order valence-electron chi connectivity index (χ4n) is 1.97. The second kappa shape index (κ2) is 6.97. The standard InChI is InChI=1S/C15H20O3/c1-3-5-12-18-15(11-4-2,14(16)17)13-9-7-6-8-10-13/h3,6-10H,1,4-5,11-12H2,2H3,(H,16,17). The van der Waals surface area contributed by atoms with Crippen LogP contribution >= 0.6 is 0 Å². The van der Waals surface area contributed by atoms with Crippen molar-refractivity contribution >= 4 is 5.97 Å². The number of ether oxygens (including phenoxy) is 1. The van der Waals surface area contributed by atoms with Crippen molar-refractivity contribution in [2.45, 2.75) is 31.8 Å². The lowest BCUT2D eigenvalue weighted by Crippen LogP contribution is -2.39. The topological polar surface area (TPSA) is 46.5 Å². The Morgan fingerprint density at radius 3 is 2.61 bits per heavy atom. The molecule has 1 rings (SSSR count). The molecule has 1 atom stereocenters. The predicted molar refractivity (Wildman–Crippen MR) is 71.4 cm³/mol. The van der Waals surface area contributed by atoms with Crippen LogP contribution in [-0.4, -0.2) is 17.7 Å². The molecule has 0 saturated heterocycles. The van der Waals surface area contributed by atoms with Gasteiger partial charge in [0.1, 0.15) is 0 Å². The van der Waals surface area contributed by atoms with Gasteiger partial charge in [0.15, 0.2) is 5.60 Å². The van der Waals surface area contributed by atoms with Crippen LogP contribution in [0.25, 0.3) is 0 Å². The highest BCUT2D eigenvalue weighted by molar-refractivity contribution is 5.79. The molecule has 3 heteroatoms. The number of carboxylic acid groups (broad SMARTS) is 1. The number of rotatable bonds is 8. The molecular formula is C15H20O3. The minimum atomic E-state index is -1.24. The predicted octanol–water partition coefficient (Wildman–Crippen LogP) is 3.36. The van der Waals surface area contributed by atoms with E-state index in [-0.39, 0.29) is 0 Å². The molecule has 1 N–H and O–H groups in total. The van der Waals surface area contributed by atoms with E-state index in [1.807, 2.05) is 25.1 Å². The van der Waals surface area contributed by atoms with Gasteiger partial charge in [-0.25, -0.2) is 4.79 Å². The molecule has 0 heterocycles. The van der Waals surface area contributed by atoms with Crippen molar-refractivity contribution in [2.24, 2.45) is 0 Å². The van der Waals surface area contributed by atoms with Gasteiger partial charge in [-0.15, -0.1) is 6.58 Å². The Morgan fingerprint density at radius 1 is 1.44 bits per heavy atom. The first-order valence-corrected chi connectivity index (χ1v) is 6.21. The van der Waals surface area contributed by atoms with E-state index in [1.54, 1.807) is 18.2 Å². The van der Waals surface area contributed by atoms with Gasteiger partial charge in [-0.3, -0.25) is 0 Å². The zero-order valence-electron chi connectivity index (χ0n) is 10.8. The Kier molecular flexibility index (Phi) is 5.59. The molecule has 1 unspecified atom stereocenters. The van der Waals surface area contributed by atoms with E-state index in [0.717, 1.165) is 6.42 Å². The summed E-state index contributed by atoms with van der Waals surface area (Å²) in [6.07, 6.45) is 3.58. The fraction of sp³-hybridized carbons (Fsp3) is 0.400. The lowest BCUT2D eigenvalue weighted by atomic mass is 9.89. The molecule has 1 aromatic carbocycles. The summed E-state index contributed by atoms with van der Waals surface area (Å²) in [6, 6.07) is 9.14. The Morgan fingerprint density at radius 2 is 2.11 bits per heavy atom. The zero-order valence-corrected chi connectivity index (χ0v) is 10.8. The Labute approximate surface area is 108 Å². The maximum absolute atomic E-state index is 11.7. The number of benzene rings is 1. The number of carbonyl (C=O) groups is 1. The van der Waals surface area contributed by atoms with Crippen LogP contribution in [0.2, 0.25) is 0 Å². The third-order valence-corrected chi connectivity index (χ3v) is 2.86. The van der Waals surface area contributed by atoms with Gasteiger partial charge in [-0.05, 0) is 18.4 Å². The summed E-state index contributed by atoms with van der Waals surface area (Å²) in [6.45, 7) is 5.94. The fourth-order valence-corrected chi connectivity index (χ4v) is 1.97. The Balaban J connectivity index is 3.04. The van der Waals surface area contributed by atoms with Crippen LogP contribution in [0.3, 0.4) is 0 Å². The summed E-state index contributed by atoms with van der Waals surface area (Å²) in [7, 11) is 0. The van der Waals surface area contributed by atoms with Crippen molar-refractivity contribution in [3.05, 3.63) is 48.6 Å². The SMILES string of the molecule is C=CCCOC(CCC)(C(=O)O)c1ccccc1. The first-order valence-electron chi connectivity index (χ1n) is 6.21. The van der Waals surface area contributed by atoms with Gasteiger partial charge in [0.2, 0.25) is 0 Å². The molecule has 0 fully saturated rings. The highest BCUT2D eigenvalue weighted by Gasteiger charge is 2.40. The molecule has 0 bridgehead atoms. The molecule has 0 spiro atoms. The molecule has 0 amide bonds. The lowest BCUT2D eigenvalue weighted by molar-refractivity contribution is -0.169.